The number of nitrogens with zero attached hydrogens (tertiary/aromatic N) is 3. The van der Waals surface area contributed by atoms with Crippen LogP contribution in [0, 0.1) is 12.8 Å². The Balaban J connectivity index is 1.31. The fourth-order valence-corrected chi connectivity index (χ4v) is 4.36. The highest BCUT2D eigenvalue weighted by molar-refractivity contribution is 7.13. The first-order valence-electron chi connectivity index (χ1n) is 10.1. The molecular weight excluding hydrogens is 416 g/mol. The first-order chi connectivity index (χ1) is 15.0. The second-order valence-corrected chi connectivity index (χ2v) is 8.45. The van der Waals surface area contributed by atoms with E-state index in [1.165, 1.54) is 7.11 Å². The minimum Gasteiger partial charge on any atom is -0.465 e. The lowest BCUT2D eigenvalue weighted by atomic mass is 9.95. The fourth-order valence-electron chi connectivity index (χ4n) is 3.71. The van der Waals surface area contributed by atoms with Gasteiger partial charge in [0.05, 0.1) is 24.1 Å². The van der Waals surface area contributed by atoms with Crippen LogP contribution in [-0.4, -0.2) is 47.1 Å². The predicted molar refractivity (Wildman–Crippen MR) is 117 cm³/mol. The highest BCUT2D eigenvalue weighted by atomic mass is 32.1. The molecule has 1 aromatic carbocycles. The van der Waals surface area contributed by atoms with Crippen LogP contribution in [0.4, 0.5) is 5.69 Å². The largest absolute Gasteiger partial charge is 0.465 e. The molecule has 1 N–H and O–H groups in total. The molecule has 1 aliphatic rings. The molecule has 1 amide bonds. The molecule has 0 aliphatic carbocycles. The van der Waals surface area contributed by atoms with Crippen molar-refractivity contribution < 1.29 is 18.8 Å². The summed E-state index contributed by atoms with van der Waals surface area (Å²) < 4.78 is 10.2. The van der Waals surface area contributed by atoms with Crippen molar-refractivity contribution in [3.63, 3.8) is 0 Å². The topological polar surface area (TPSA) is 97.6 Å². The van der Waals surface area contributed by atoms with Crippen molar-refractivity contribution in [3.05, 3.63) is 52.7 Å². The predicted octanol–water partition coefficient (Wildman–Crippen LogP) is 3.74. The quantitative estimate of drug-likeness (QED) is 0.583. The van der Waals surface area contributed by atoms with Crippen LogP contribution in [0.3, 0.4) is 0 Å². The van der Waals surface area contributed by atoms with E-state index in [-0.39, 0.29) is 11.8 Å². The molecule has 0 spiro atoms. The van der Waals surface area contributed by atoms with E-state index in [1.54, 1.807) is 36.5 Å². The van der Waals surface area contributed by atoms with E-state index >= 15 is 0 Å². The van der Waals surface area contributed by atoms with Gasteiger partial charge < -0.3 is 14.6 Å². The maximum absolute atomic E-state index is 12.8. The third-order valence-corrected chi connectivity index (χ3v) is 6.39. The van der Waals surface area contributed by atoms with Crippen molar-refractivity contribution >= 4 is 28.9 Å². The number of aromatic nitrogens is 2. The Hall–Kier alpha value is -3.04. The molecule has 0 atom stereocenters. The third-order valence-electron chi connectivity index (χ3n) is 5.52. The van der Waals surface area contributed by atoms with Crippen LogP contribution < -0.4 is 5.32 Å². The number of nitrogens with one attached hydrogen (secondary N) is 1. The van der Waals surface area contributed by atoms with E-state index in [0.717, 1.165) is 30.8 Å². The smallest absolute Gasteiger partial charge is 0.338 e. The zero-order valence-electron chi connectivity index (χ0n) is 17.5. The maximum atomic E-state index is 12.8. The molecule has 3 aromatic rings. The molecule has 1 aliphatic heterocycles. The Morgan fingerprint density at radius 3 is 2.77 bits per heavy atom. The number of anilines is 1. The number of piperidine rings is 1. The van der Waals surface area contributed by atoms with Crippen molar-refractivity contribution in [2.24, 2.45) is 5.92 Å². The number of amides is 1. The molecule has 0 radical (unpaired) electrons. The Morgan fingerprint density at radius 1 is 1.26 bits per heavy atom. The first kappa shape index (κ1) is 21.2. The van der Waals surface area contributed by atoms with Crippen LogP contribution in [0.25, 0.3) is 10.7 Å². The number of benzene rings is 1. The molecule has 162 valence electrons. The van der Waals surface area contributed by atoms with Gasteiger partial charge in [-0.2, -0.15) is 4.98 Å². The summed E-state index contributed by atoms with van der Waals surface area (Å²) in [4.78, 5) is 32.3. The Bertz CT molecular complexity index is 1060. The number of methoxy groups -OCH3 is 1. The first-order valence-corrected chi connectivity index (χ1v) is 11.0. The summed E-state index contributed by atoms with van der Waals surface area (Å²) in [5, 5.41) is 9.01. The molecule has 31 heavy (non-hydrogen) atoms. The zero-order chi connectivity index (χ0) is 21.8. The van der Waals surface area contributed by atoms with Gasteiger partial charge >= 0.3 is 5.97 Å². The summed E-state index contributed by atoms with van der Waals surface area (Å²) in [5.74, 6) is 0.680. The summed E-state index contributed by atoms with van der Waals surface area (Å²) in [6, 6.07) is 9.16. The number of hydrogen-bond donors (Lipinski definition) is 1. The van der Waals surface area contributed by atoms with Gasteiger partial charge in [-0.25, -0.2) is 4.79 Å². The summed E-state index contributed by atoms with van der Waals surface area (Å²) in [5.41, 5.74) is 1.80. The Kier molecular flexibility index (Phi) is 6.43. The van der Waals surface area contributed by atoms with Crippen LogP contribution in [0.5, 0.6) is 0 Å². The standard InChI is InChI=1S/C22H24N4O4S/c1-14-16(22(28)29-2)5-3-6-17(14)23-21(27)15-8-10-26(11-9-15)13-19-24-20(25-30-19)18-7-4-12-31-18/h3-7,12,15H,8-11,13H2,1-2H3,(H,23,27). The number of carbonyl (C=O) groups is 2. The Labute approximate surface area is 184 Å². The lowest BCUT2D eigenvalue weighted by Gasteiger charge is -2.30. The van der Waals surface area contributed by atoms with E-state index in [0.29, 0.717) is 35.1 Å². The van der Waals surface area contributed by atoms with Gasteiger partial charge in [0.1, 0.15) is 0 Å². The van der Waals surface area contributed by atoms with Crippen molar-refractivity contribution in [1.82, 2.24) is 15.0 Å². The molecule has 8 nitrogen and oxygen atoms in total. The lowest BCUT2D eigenvalue weighted by molar-refractivity contribution is -0.121. The molecule has 2 aromatic heterocycles. The molecular formula is C22H24N4O4S. The highest BCUT2D eigenvalue weighted by Crippen LogP contribution is 2.25. The summed E-state index contributed by atoms with van der Waals surface area (Å²) in [6.07, 6.45) is 1.49. The number of likely N-dealkylation sites (tertiary alicyclic amines) is 1. The van der Waals surface area contributed by atoms with E-state index in [1.807, 2.05) is 17.5 Å². The van der Waals surface area contributed by atoms with Crippen LogP contribution in [0.15, 0.2) is 40.2 Å². The lowest BCUT2D eigenvalue weighted by Crippen LogP contribution is -2.38. The van der Waals surface area contributed by atoms with E-state index in [2.05, 4.69) is 20.4 Å². The van der Waals surface area contributed by atoms with Crippen LogP contribution in [0.2, 0.25) is 0 Å². The second-order valence-electron chi connectivity index (χ2n) is 7.50. The maximum Gasteiger partial charge on any atom is 0.338 e. The van der Waals surface area contributed by atoms with Crippen LogP contribution in [0.1, 0.15) is 34.7 Å². The molecule has 0 unspecified atom stereocenters. The van der Waals surface area contributed by atoms with Crippen molar-refractivity contribution in [3.8, 4) is 10.7 Å². The number of carbonyl (C=O) groups excluding carboxylic acids is 2. The molecule has 3 heterocycles. The number of hydrogen-bond acceptors (Lipinski definition) is 8. The molecule has 9 heteroatoms. The molecule has 1 fully saturated rings. The van der Waals surface area contributed by atoms with Crippen LogP contribution in [-0.2, 0) is 16.1 Å². The van der Waals surface area contributed by atoms with Gasteiger partial charge in [0.25, 0.3) is 0 Å². The summed E-state index contributed by atoms with van der Waals surface area (Å²) in [7, 11) is 1.35. The zero-order valence-corrected chi connectivity index (χ0v) is 18.3. The van der Waals surface area contributed by atoms with Crippen molar-refractivity contribution in [1.29, 1.82) is 0 Å². The average molecular weight is 441 g/mol. The van der Waals surface area contributed by atoms with E-state index in [4.69, 9.17) is 9.26 Å². The van der Waals surface area contributed by atoms with E-state index in [9.17, 15) is 9.59 Å². The average Bonchev–Trinajstić information content (AvgIpc) is 3.47. The van der Waals surface area contributed by atoms with Gasteiger partial charge in [-0.05, 0) is 62.0 Å². The SMILES string of the molecule is COC(=O)c1cccc(NC(=O)C2CCN(Cc3nc(-c4cccs4)no3)CC2)c1C. The number of ether oxygens (including phenoxy) is 1. The highest BCUT2D eigenvalue weighted by Gasteiger charge is 2.27. The van der Waals surface area contributed by atoms with Gasteiger partial charge in [-0.3, -0.25) is 9.69 Å². The fraction of sp³-hybridized carbons (Fsp3) is 0.364. The molecule has 1 saturated heterocycles. The normalized spacial score (nSPS) is 15.0. The summed E-state index contributed by atoms with van der Waals surface area (Å²) in [6.45, 7) is 3.93. The van der Waals surface area contributed by atoms with Crippen LogP contribution >= 0.6 is 11.3 Å². The van der Waals surface area contributed by atoms with Gasteiger partial charge in [-0.1, -0.05) is 17.3 Å². The Morgan fingerprint density at radius 2 is 2.06 bits per heavy atom. The minimum atomic E-state index is -0.412. The van der Waals surface area contributed by atoms with Gasteiger partial charge in [-0.15, -0.1) is 11.3 Å². The van der Waals surface area contributed by atoms with Gasteiger partial charge in [0.2, 0.25) is 17.6 Å². The van der Waals surface area contributed by atoms with Gasteiger partial charge in [0, 0.05) is 11.6 Å². The molecule has 0 saturated carbocycles. The number of rotatable bonds is 6. The monoisotopic (exact) mass is 440 g/mol. The number of esters is 1. The van der Waals surface area contributed by atoms with Gasteiger partial charge in [0.15, 0.2) is 0 Å². The minimum absolute atomic E-state index is 0.0254. The molecule has 0 bridgehead atoms. The van der Waals surface area contributed by atoms with Crippen molar-refractivity contribution in [2.75, 3.05) is 25.5 Å². The van der Waals surface area contributed by atoms with Crippen molar-refractivity contribution in [2.45, 2.75) is 26.3 Å². The molecule has 4 rings (SSSR count). The third kappa shape index (κ3) is 4.83. The van der Waals surface area contributed by atoms with E-state index < -0.39 is 5.97 Å². The second kappa shape index (κ2) is 9.40. The summed E-state index contributed by atoms with van der Waals surface area (Å²) >= 11 is 1.58. The number of thiophene rings is 1.